The third-order valence-corrected chi connectivity index (χ3v) is 8.33. The van der Waals surface area contributed by atoms with Gasteiger partial charge < -0.3 is 20.3 Å². The first-order valence-electron chi connectivity index (χ1n) is 15.7. The van der Waals surface area contributed by atoms with Gasteiger partial charge in [-0.2, -0.15) is 0 Å². The van der Waals surface area contributed by atoms with Crippen LogP contribution in [0.25, 0.3) is 11.1 Å². The van der Waals surface area contributed by atoms with Gasteiger partial charge in [-0.15, -0.1) is 11.8 Å². The minimum Gasteiger partial charge on any atom is -0.464 e. The van der Waals surface area contributed by atoms with Crippen molar-refractivity contribution in [3.63, 3.8) is 0 Å². The van der Waals surface area contributed by atoms with Gasteiger partial charge in [0.2, 0.25) is 5.91 Å². The number of benzene rings is 3. The summed E-state index contributed by atoms with van der Waals surface area (Å²) in [5, 5.41) is 5.98. The Morgan fingerprint density at radius 1 is 0.864 bits per heavy atom. The second-order valence-electron chi connectivity index (χ2n) is 11.2. The van der Waals surface area contributed by atoms with Crippen LogP contribution in [0, 0.1) is 5.92 Å². The molecule has 0 heterocycles. The molecule has 3 amide bonds. The molecule has 0 aliphatic heterocycles. The SMILES string of the molecule is CCCCNC(=O)[C@H](Cc1ccc(-c2ccccc2)cc1)NC(=O)N(CCC(C)C)[C@H](CSc1ccccc1)C(=O)OCC. The molecule has 44 heavy (non-hydrogen) atoms. The predicted molar refractivity (Wildman–Crippen MR) is 180 cm³/mol. The van der Waals surface area contributed by atoms with Gasteiger partial charge in [0.1, 0.15) is 12.1 Å². The van der Waals surface area contributed by atoms with Crippen molar-refractivity contribution >= 4 is 29.7 Å². The molecule has 3 rings (SSSR count). The summed E-state index contributed by atoms with van der Waals surface area (Å²) >= 11 is 1.50. The van der Waals surface area contributed by atoms with Crippen molar-refractivity contribution in [2.45, 2.75) is 70.4 Å². The van der Waals surface area contributed by atoms with E-state index < -0.39 is 24.1 Å². The lowest BCUT2D eigenvalue weighted by molar-refractivity contribution is -0.147. The Balaban J connectivity index is 1.85. The number of nitrogens with one attached hydrogen (secondary N) is 2. The number of carbonyl (C=O) groups excluding carboxylic acids is 3. The van der Waals surface area contributed by atoms with E-state index in [4.69, 9.17) is 4.74 Å². The highest BCUT2D eigenvalue weighted by Crippen LogP contribution is 2.23. The summed E-state index contributed by atoms with van der Waals surface area (Å²) in [4.78, 5) is 43.2. The summed E-state index contributed by atoms with van der Waals surface area (Å²) in [6.07, 6.45) is 2.81. The minimum absolute atomic E-state index is 0.215. The Labute approximate surface area is 267 Å². The van der Waals surface area contributed by atoms with Crippen LogP contribution in [0.2, 0.25) is 0 Å². The van der Waals surface area contributed by atoms with Crippen molar-refractivity contribution in [3.8, 4) is 11.1 Å². The molecule has 0 aliphatic rings. The first-order valence-corrected chi connectivity index (χ1v) is 16.6. The zero-order chi connectivity index (χ0) is 31.7. The fourth-order valence-corrected chi connectivity index (χ4v) is 5.68. The molecule has 2 atom stereocenters. The Morgan fingerprint density at radius 3 is 2.11 bits per heavy atom. The third kappa shape index (κ3) is 11.4. The molecule has 2 N–H and O–H groups in total. The Kier molecular flexibility index (Phi) is 14.8. The van der Waals surface area contributed by atoms with Crippen LogP contribution in [-0.4, -0.2) is 60.3 Å². The Bertz CT molecular complexity index is 1290. The van der Waals surface area contributed by atoms with E-state index in [1.807, 2.05) is 72.8 Å². The number of amides is 3. The number of urea groups is 1. The van der Waals surface area contributed by atoms with Crippen LogP contribution in [-0.2, 0) is 20.7 Å². The summed E-state index contributed by atoms with van der Waals surface area (Å²) in [6.45, 7) is 9.09. The number of carbonyl (C=O) groups is 3. The van der Waals surface area contributed by atoms with Crippen molar-refractivity contribution in [2.75, 3.05) is 25.4 Å². The van der Waals surface area contributed by atoms with Crippen molar-refractivity contribution < 1.29 is 19.1 Å². The first-order chi connectivity index (χ1) is 21.3. The van der Waals surface area contributed by atoms with Gasteiger partial charge in [0, 0.05) is 30.2 Å². The average molecular weight is 618 g/mol. The van der Waals surface area contributed by atoms with Gasteiger partial charge in [-0.25, -0.2) is 9.59 Å². The number of unbranched alkanes of at least 4 members (excludes halogenated alkanes) is 1. The Morgan fingerprint density at radius 2 is 1.50 bits per heavy atom. The van der Waals surface area contributed by atoms with E-state index in [2.05, 4.69) is 43.5 Å². The number of esters is 1. The van der Waals surface area contributed by atoms with E-state index in [0.717, 1.165) is 34.4 Å². The summed E-state index contributed by atoms with van der Waals surface area (Å²) in [6, 6.07) is 25.9. The summed E-state index contributed by atoms with van der Waals surface area (Å²) < 4.78 is 5.44. The molecule has 0 radical (unpaired) electrons. The van der Waals surface area contributed by atoms with Gasteiger partial charge in [0.15, 0.2) is 0 Å². The van der Waals surface area contributed by atoms with Gasteiger partial charge in [0.05, 0.1) is 6.61 Å². The van der Waals surface area contributed by atoms with Crippen molar-refractivity contribution in [1.82, 2.24) is 15.5 Å². The number of hydrogen-bond acceptors (Lipinski definition) is 5. The number of ether oxygens (including phenoxy) is 1. The number of thioether (sulfide) groups is 1. The molecule has 7 nitrogen and oxygen atoms in total. The van der Waals surface area contributed by atoms with Crippen LogP contribution >= 0.6 is 11.8 Å². The smallest absolute Gasteiger partial charge is 0.329 e. The monoisotopic (exact) mass is 617 g/mol. The van der Waals surface area contributed by atoms with Gasteiger partial charge in [-0.3, -0.25) is 4.79 Å². The number of rotatable bonds is 17. The van der Waals surface area contributed by atoms with E-state index >= 15 is 0 Å². The average Bonchev–Trinajstić information content (AvgIpc) is 3.03. The highest BCUT2D eigenvalue weighted by Gasteiger charge is 2.33. The first kappa shape index (κ1) is 34.7. The van der Waals surface area contributed by atoms with Gasteiger partial charge in [-0.1, -0.05) is 100.0 Å². The van der Waals surface area contributed by atoms with Crippen LogP contribution in [0.3, 0.4) is 0 Å². The second-order valence-corrected chi connectivity index (χ2v) is 12.3. The fourth-order valence-electron chi connectivity index (χ4n) is 4.66. The second kappa shape index (κ2) is 18.8. The predicted octanol–water partition coefficient (Wildman–Crippen LogP) is 6.96. The van der Waals surface area contributed by atoms with E-state index in [1.165, 1.54) is 11.8 Å². The molecule has 0 unspecified atom stereocenters. The van der Waals surface area contributed by atoms with Gasteiger partial charge in [0.25, 0.3) is 0 Å². The molecule has 0 fully saturated rings. The highest BCUT2D eigenvalue weighted by molar-refractivity contribution is 7.99. The lowest BCUT2D eigenvalue weighted by Crippen LogP contribution is -2.57. The maximum Gasteiger partial charge on any atom is 0.329 e. The standard InChI is InChI=1S/C36H47N3O4S/c1-5-7-23-37-34(40)32(25-28-18-20-30(21-19-28)29-14-10-8-11-15-29)38-36(42)39(24-22-27(3)4)33(35(41)43-6-2)26-44-31-16-12-9-13-17-31/h8-21,27,32-33H,5-7,22-26H2,1-4H3,(H,37,40)(H,38,42)/t32-,33+/m0/s1. The molecular formula is C36H47N3O4S. The largest absolute Gasteiger partial charge is 0.464 e. The van der Waals surface area contributed by atoms with Crippen LogP contribution in [0.15, 0.2) is 89.8 Å². The molecule has 3 aromatic rings. The van der Waals surface area contributed by atoms with Crippen LogP contribution < -0.4 is 10.6 Å². The van der Waals surface area contributed by atoms with Crippen molar-refractivity contribution in [2.24, 2.45) is 5.92 Å². The number of nitrogens with zero attached hydrogens (tertiary/aromatic N) is 1. The zero-order valence-corrected chi connectivity index (χ0v) is 27.3. The molecular weight excluding hydrogens is 570 g/mol. The summed E-state index contributed by atoms with van der Waals surface area (Å²) in [5.41, 5.74) is 3.12. The van der Waals surface area contributed by atoms with Crippen LogP contribution in [0.4, 0.5) is 4.79 Å². The van der Waals surface area contributed by atoms with E-state index in [0.29, 0.717) is 37.6 Å². The third-order valence-electron chi connectivity index (χ3n) is 7.24. The highest BCUT2D eigenvalue weighted by atomic mass is 32.2. The molecule has 0 saturated heterocycles. The molecule has 0 aliphatic carbocycles. The van der Waals surface area contributed by atoms with Crippen LogP contribution in [0.1, 0.15) is 52.5 Å². The summed E-state index contributed by atoms with van der Waals surface area (Å²) in [5.74, 6) is -0.0431. The van der Waals surface area contributed by atoms with Gasteiger partial charge in [-0.05, 0) is 54.5 Å². The molecule has 3 aromatic carbocycles. The molecule has 0 saturated carbocycles. The number of hydrogen-bond donors (Lipinski definition) is 2. The molecule has 0 bridgehead atoms. The molecule has 8 heteroatoms. The summed E-state index contributed by atoms with van der Waals surface area (Å²) in [7, 11) is 0. The maximum atomic E-state index is 14.0. The van der Waals surface area contributed by atoms with E-state index in [-0.39, 0.29) is 12.5 Å². The lowest BCUT2D eigenvalue weighted by Gasteiger charge is -2.32. The normalized spacial score (nSPS) is 12.3. The maximum absolute atomic E-state index is 14.0. The minimum atomic E-state index is -0.812. The van der Waals surface area contributed by atoms with E-state index in [1.54, 1.807) is 11.8 Å². The zero-order valence-electron chi connectivity index (χ0n) is 26.5. The van der Waals surface area contributed by atoms with E-state index in [9.17, 15) is 14.4 Å². The lowest BCUT2D eigenvalue weighted by atomic mass is 10.0. The molecule has 0 spiro atoms. The molecule has 236 valence electrons. The Hall–Kier alpha value is -3.78. The quantitative estimate of drug-likeness (QED) is 0.0971. The van der Waals surface area contributed by atoms with Crippen molar-refractivity contribution in [1.29, 1.82) is 0 Å². The topological polar surface area (TPSA) is 87.7 Å². The molecule has 0 aromatic heterocycles. The van der Waals surface area contributed by atoms with Crippen molar-refractivity contribution in [3.05, 3.63) is 90.5 Å². The fraction of sp³-hybridized carbons (Fsp3) is 0.417. The van der Waals surface area contributed by atoms with Gasteiger partial charge >= 0.3 is 12.0 Å². The van der Waals surface area contributed by atoms with Crippen LogP contribution in [0.5, 0.6) is 0 Å².